The van der Waals surface area contributed by atoms with Crippen molar-refractivity contribution in [2.75, 3.05) is 40.3 Å². The molecule has 1 heterocycles. The highest BCUT2D eigenvalue weighted by Gasteiger charge is 2.32. The molecule has 0 aromatic heterocycles. The normalized spacial score (nSPS) is 19.1. The summed E-state index contributed by atoms with van der Waals surface area (Å²) in [5.41, 5.74) is 0.930. The second-order valence-electron chi connectivity index (χ2n) is 6.26. The summed E-state index contributed by atoms with van der Waals surface area (Å²) in [6, 6.07) is 5.51. The molecule has 1 saturated heterocycles. The summed E-state index contributed by atoms with van der Waals surface area (Å²) < 4.78 is 10.7. The molecule has 1 aliphatic carbocycles. The average Bonchev–Trinajstić information content (AvgIpc) is 3.40. The largest absolute Gasteiger partial charge is 0.493 e. The van der Waals surface area contributed by atoms with Gasteiger partial charge in [-0.15, -0.1) is 0 Å². The third kappa shape index (κ3) is 4.22. The maximum atomic E-state index is 11.8. The standard InChI is InChI=1S/C17H23N3O3/c1-19-7-9-20(10-8-19)18-12-13-3-6-15(16(11-13)22-2)23-17(21)14-4-5-14/h3,6,11-12,14H,4-5,7-10H2,1-2H3/p+1/b18-12-. The van der Waals surface area contributed by atoms with Crippen LogP contribution in [0.3, 0.4) is 0 Å². The van der Waals surface area contributed by atoms with Crippen molar-refractivity contribution in [1.29, 1.82) is 0 Å². The van der Waals surface area contributed by atoms with Crippen molar-refractivity contribution in [1.82, 2.24) is 5.01 Å². The van der Waals surface area contributed by atoms with Crippen LogP contribution < -0.4 is 14.4 Å². The van der Waals surface area contributed by atoms with Crippen molar-refractivity contribution >= 4 is 12.2 Å². The highest BCUT2D eigenvalue weighted by molar-refractivity contribution is 5.82. The summed E-state index contributed by atoms with van der Waals surface area (Å²) in [6.45, 7) is 4.15. The number of quaternary nitrogens is 1. The number of esters is 1. The topological polar surface area (TPSA) is 55.6 Å². The number of methoxy groups -OCH3 is 1. The molecule has 2 aliphatic rings. The molecule has 2 fully saturated rings. The molecule has 1 saturated carbocycles. The second-order valence-corrected chi connectivity index (χ2v) is 6.26. The van der Waals surface area contributed by atoms with E-state index in [4.69, 9.17) is 9.47 Å². The van der Waals surface area contributed by atoms with Crippen molar-refractivity contribution in [3.05, 3.63) is 23.8 Å². The van der Waals surface area contributed by atoms with Crippen LogP contribution in [0.2, 0.25) is 0 Å². The van der Waals surface area contributed by atoms with Gasteiger partial charge in [-0.3, -0.25) is 9.80 Å². The molecule has 3 rings (SSSR count). The first-order valence-corrected chi connectivity index (χ1v) is 8.15. The molecule has 0 unspecified atom stereocenters. The highest BCUT2D eigenvalue weighted by Crippen LogP contribution is 2.34. The smallest absolute Gasteiger partial charge is 0.314 e. The van der Waals surface area contributed by atoms with Crippen molar-refractivity contribution in [2.24, 2.45) is 11.0 Å². The number of likely N-dealkylation sites (N-methyl/N-ethyl adjacent to an activating group) is 1. The van der Waals surface area contributed by atoms with E-state index in [9.17, 15) is 4.79 Å². The molecule has 23 heavy (non-hydrogen) atoms. The zero-order chi connectivity index (χ0) is 16.2. The van der Waals surface area contributed by atoms with E-state index in [1.165, 1.54) is 0 Å². The number of hydrazone groups is 1. The van der Waals surface area contributed by atoms with Gasteiger partial charge < -0.3 is 14.4 Å². The number of piperazine rings is 1. The van der Waals surface area contributed by atoms with Crippen LogP contribution in [-0.4, -0.2) is 57.5 Å². The van der Waals surface area contributed by atoms with Gasteiger partial charge in [0.05, 0.1) is 52.5 Å². The van der Waals surface area contributed by atoms with Crippen LogP contribution >= 0.6 is 0 Å². The monoisotopic (exact) mass is 318 g/mol. The Kier molecular flexibility index (Phi) is 4.81. The summed E-state index contributed by atoms with van der Waals surface area (Å²) in [6.07, 6.45) is 3.69. The van der Waals surface area contributed by atoms with Gasteiger partial charge in [0.1, 0.15) is 0 Å². The molecular formula is C17H24N3O3+. The summed E-state index contributed by atoms with van der Waals surface area (Å²) in [5.74, 6) is 0.945. The van der Waals surface area contributed by atoms with Gasteiger partial charge in [0.15, 0.2) is 11.5 Å². The van der Waals surface area contributed by atoms with E-state index in [-0.39, 0.29) is 11.9 Å². The number of hydrogen-bond donors (Lipinski definition) is 1. The zero-order valence-electron chi connectivity index (χ0n) is 13.7. The first-order valence-electron chi connectivity index (χ1n) is 8.15. The maximum absolute atomic E-state index is 11.8. The zero-order valence-corrected chi connectivity index (χ0v) is 13.7. The van der Waals surface area contributed by atoms with E-state index in [0.29, 0.717) is 11.5 Å². The fourth-order valence-corrected chi connectivity index (χ4v) is 2.50. The Morgan fingerprint density at radius 1 is 1.30 bits per heavy atom. The second kappa shape index (κ2) is 7.00. The first-order chi connectivity index (χ1) is 11.2. The lowest BCUT2D eigenvalue weighted by Crippen LogP contribution is -3.11. The third-order valence-electron chi connectivity index (χ3n) is 4.27. The number of carbonyl (C=O) groups excluding carboxylic acids is 1. The number of nitrogens with one attached hydrogen (secondary N) is 1. The lowest BCUT2D eigenvalue weighted by Gasteiger charge is -2.27. The van der Waals surface area contributed by atoms with Crippen molar-refractivity contribution in [3.8, 4) is 11.5 Å². The number of rotatable bonds is 5. The Hall–Kier alpha value is -2.08. The summed E-state index contributed by atoms with van der Waals surface area (Å²) in [4.78, 5) is 13.3. The molecule has 0 atom stereocenters. The molecule has 6 heteroatoms. The first kappa shape index (κ1) is 15.8. The van der Waals surface area contributed by atoms with Crippen LogP contribution in [0, 0.1) is 5.92 Å². The predicted molar refractivity (Wildman–Crippen MR) is 87.1 cm³/mol. The van der Waals surface area contributed by atoms with Gasteiger partial charge in [0.25, 0.3) is 0 Å². The van der Waals surface area contributed by atoms with E-state index >= 15 is 0 Å². The Balaban J connectivity index is 1.64. The van der Waals surface area contributed by atoms with Crippen LogP contribution in [0.4, 0.5) is 0 Å². The van der Waals surface area contributed by atoms with Gasteiger partial charge in [0.2, 0.25) is 0 Å². The van der Waals surface area contributed by atoms with Gasteiger partial charge >= 0.3 is 5.97 Å². The fraction of sp³-hybridized carbons (Fsp3) is 0.529. The van der Waals surface area contributed by atoms with E-state index in [0.717, 1.165) is 44.6 Å². The molecule has 1 aliphatic heterocycles. The van der Waals surface area contributed by atoms with Gasteiger partial charge in [-0.2, -0.15) is 5.10 Å². The van der Waals surface area contributed by atoms with Gasteiger partial charge in [0, 0.05) is 0 Å². The average molecular weight is 318 g/mol. The molecule has 6 nitrogen and oxygen atoms in total. The van der Waals surface area contributed by atoms with Crippen molar-refractivity contribution < 1.29 is 19.2 Å². The van der Waals surface area contributed by atoms with Gasteiger partial charge in [-0.1, -0.05) is 0 Å². The number of benzene rings is 1. The Morgan fingerprint density at radius 3 is 2.70 bits per heavy atom. The van der Waals surface area contributed by atoms with E-state index < -0.39 is 0 Å². The van der Waals surface area contributed by atoms with Gasteiger partial charge in [-0.05, 0) is 36.6 Å². The molecule has 0 radical (unpaired) electrons. The lowest BCUT2D eigenvalue weighted by atomic mass is 10.2. The van der Waals surface area contributed by atoms with Crippen LogP contribution in [-0.2, 0) is 4.79 Å². The Labute approximate surface area is 136 Å². The Bertz CT molecular complexity index is 591. The minimum Gasteiger partial charge on any atom is -0.493 e. The molecule has 0 spiro atoms. The van der Waals surface area contributed by atoms with E-state index in [2.05, 4.69) is 17.2 Å². The maximum Gasteiger partial charge on any atom is 0.314 e. The summed E-state index contributed by atoms with van der Waals surface area (Å²) >= 11 is 0. The number of ether oxygens (including phenoxy) is 2. The molecular weight excluding hydrogens is 294 g/mol. The molecule has 0 amide bonds. The quantitative estimate of drug-likeness (QED) is 0.478. The Morgan fingerprint density at radius 2 is 2.04 bits per heavy atom. The van der Waals surface area contributed by atoms with Crippen molar-refractivity contribution in [2.45, 2.75) is 12.8 Å². The minimum atomic E-state index is -0.162. The summed E-state index contributed by atoms with van der Waals surface area (Å²) in [7, 11) is 3.78. The predicted octanol–water partition coefficient (Wildman–Crippen LogP) is 0.175. The molecule has 1 aromatic carbocycles. The number of hydrogen-bond acceptors (Lipinski definition) is 5. The van der Waals surface area contributed by atoms with Crippen molar-refractivity contribution in [3.63, 3.8) is 0 Å². The molecule has 124 valence electrons. The SMILES string of the molecule is COc1cc(/C=N\N2CC[NH+](C)CC2)ccc1OC(=O)C1CC1. The van der Waals surface area contributed by atoms with Crippen LogP contribution in [0.5, 0.6) is 11.5 Å². The summed E-state index contributed by atoms with van der Waals surface area (Å²) in [5, 5.41) is 6.61. The number of nitrogens with zero attached hydrogens (tertiary/aromatic N) is 2. The molecule has 1 aromatic rings. The van der Waals surface area contributed by atoms with Crippen LogP contribution in [0.1, 0.15) is 18.4 Å². The molecule has 1 N–H and O–H groups in total. The molecule has 0 bridgehead atoms. The van der Waals surface area contributed by atoms with E-state index in [1.54, 1.807) is 18.1 Å². The van der Waals surface area contributed by atoms with Gasteiger partial charge in [-0.25, -0.2) is 0 Å². The fourth-order valence-electron chi connectivity index (χ4n) is 2.50. The highest BCUT2D eigenvalue weighted by atomic mass is 16.6. The van der Waals surface area contributed by atoms with E-state index in [1.807, 2.05) is 18.3 Å². The third-order valence-corrected chi connectivity index (χ3v) is 4.27. The number of carbonyl (C=O) groups is 1. The van der Waals surface area contributed by atoms with Crippen LogP contribution in [0.15, 0.2) is 23.3 Å². The van der Waals surface area contributed by atoms with Crippen LogP contribution in [0.25, 0.3) is 0 Å². The minimum absolute atomic E-state index is 0.0697. The lowest BCUT2D eigenvalue weighted by molar-refractivity contribution is -0.884.